The number of nitrogens with zero attached hydrogens (tertiary/aromatic N) is 2. The zero-order chi connectivity index (χ0) is 23.8. The molecule has 170 valence electrons. The van der Waals surface area contributed by atoms with Crippen LogP contribution in [0.15, 0.2) is 71.6 Å². The normalized spacial score (nSPS) is 13.0. The summed E-state index contributed by atoms with van der Waals surface area (Å²) in [6.07, 6.45) is 0.506. The fourth-order valence-electron chi connectivity index (χ4n) is 3.73. The van der Waals surface area contributed by atoms with Gasteiger partial charge in [0.25, 0.3) is 15.9 Å². The van der Waals surface area contributed by atoms with Crippen molar-refractivity contribution in [3.63, 3.8) is 0 Å². The van der Waals surface area contributed by atoms with Gasteiger partial charge in [-0.05, 0) is 60.5 Å². The van der Waals surface area contributed by atoms with Crippen molar-refractivity contribution in [2.24, 2.45) is 0 Å². The molecule has 33 heavy (non-hydrogen) atoms. The number of carboxylic acids is 1. The summed E-state index contributed by atoms with van der Waals surface area (Å²) in [6.45, 7) is -0.361. The number of hydrogen-bond acceptors (Lipinski definition) is 4. The van der Waals surface area contributed by atoms with Crippen molar-refractivity contribution < 1.29 is 23.1 Å². The van der Waals surface area contributed by atoms with Crippen LogP contribution < -0.4 is 9.21 Å². The Morgan fingerprint density at radius 1 is 0.970 bits per heavy atom. The molecule has 0 saturated carbocycles. The maximum atomic E-state index is 13.3. The van der Waals surface area contributed by atoms with Crippen LogP contribution in [-0.4, -0.2) is 38.5 Å². The van der Waals surface area contributed by atoms with Gasteiger partial charge < -0.3 is 10.0 Å². The number of aliphatic carboxylic acids is 1. The van der Waals surface area contributed by atoms with Gasteiger partial charge in [0.15, 0.2) is 0 Å². The molecule has 0 spiro atoms. The average molecular weight is 505 g/mol. The van der Waals surface area contributed by atoms with Gasteiger partial charge in [0, 0.05) is 27.8 Å². The molecule has 3 aromatic rings. The summed E-state index contributed by atoms with van der Waals surface area (Å²) in [5, 5.41) is 9.61. The minimum atomic E-state index is -4.28. The molecule has 1 amide bonds. The van der Waals surface area contributed by atoms with Crippen LogP contribution in [0.5, 0.6) is 0 Å². The van der Waals surface area contributed by atoms with Gasteiger partial charge in [-0.3, -0.25) is 13.9 Å². The standard InChI is InChI=1S/C23H18Cl2N2O5S/c24-17-11-18(25)13-20(12-17)33(31,32)27(14-22(28)29)19-6-7-21-16(10-19)8-9-26(21)23(30)15-4-2-1-3-5-15/h1-7,10-13H,8-9,14H2,(H,28,29). The molecule has 1 aliphatic rings. The Labute approximate surface area is 200 Å². The first-order valence-electron chi connectivity index (χ1n) is 9.87. The van der Waals surface area contributed by atoms with Crippen molar-refractivity contribution >= 4 is 56.5 Å². The number of fused-ring (bicyclic) bond motifs is 1. The smallest absolute Gasteiger partial charge is 0.324 e. The number of carbonyl (C=O) groups excluding carboxylic acids is 1. The number of hydrogen-bond donors (Lipinski definition) is 1. The van der Waals surface area contributed by atoms with Gasteiger partial charge in [-0.15, -0.1) is 0 Å². The van der Waals surface area contributed by atoms with E-state index in [1.165, 1.54) is 24.3 Å². The second-order valence-corrected chi connectivity index (χ2v) is 10.1. The number of benzene rings is 3. The highest BCUT2D eigenvalue weighted by molar-refractivity contribution is 7.92. The summed E-state index contributed by atoms with van der Waals surface area (Å²) in [7, 11) is -4.28. The molecular weight excluding hydrogens is 487 g/mol. The molecule has 4 rings (SSSR count). The maximum Gasteiger partial charge on any atom is 0.324 e. The van der Waals surface area contributed by atoms with Crippen LogP contribution in [0.1, 0.15) is 15.9 Å². The second kappa shape index (κ2) is 9.05. The molecule has 0 fully saturated rings. The molecule has 0 aliphatic carbocycles. The van der Waals surface area contributed by atoms with Crippen LogP contribution in [0.25, 0.3) is 0 Å². The first-order valence-corrected chi connectivity index (χ1v) is 12.1. The number of halogens is 2. The maximum absolute atomic E-state index is 13.3. The van der Waals surface area contributed by atoms with Crippen LogP contribution >= 0.6 is 23.2 Å². The lowest BCUT2D eigenvalue weighted by Gasteiger charge is -2.24. The van der Waals surface area contributed by atoms with Crippen LogP contribution in [0.4, 0.5) is 11.4 Å². The molecule has 1 heterocycles. The van der Waals surface area contributed by atoms with E-state index < -0.39 is 22.5 Å². The third-order valence-electron chi connectivity index (χ3n) is 5.22. The van der Waals surface area contributed by atoms with Crippen LogP contribution in [0, 0.1) is 0 Å². The second-order valence-electron chi connectivity index (χ2n) is 7.40. The third-order valence-corrected chi connectivity index (χ3v) is 7.40. The molecule has 10 heteroatoms. The SMILES string of the molecule is O=C(O)CN(c1ccc2c(c1)CCN2C(=O)c1ccccc1)S(=O)(=O)c1cc(Cl)cc(Cl)c1. The lowest BCUT2D eigenvalue weighted by atomic mass is 10.1. The van der Waals surface area contributed by atoms with Crippen LogP contribution in [-0.2, 0) is 21.2 Å². The van der Waals surface area contributed by atoms with Crippen molar-refractivity contribution in [2.45, 2.75) is 11.3 Å². The molecule has 0 bridgehead atoms. The fraction of sp³-hybridized carbons (Fsp3) is 0.130. The van der Waals surface area contributed by atoms with Crippen molar-refractivity contribution in [1.82, 2.24) is 0 Å². The molecule has 0 unspecified atom stereocenters. The van der Waals surface area contributed by atoms with Gasteiger partial charge in [0.2, 0.25) is 0 Å². The minimum absolute atomic E-state index is 0.111. The quantitative estimate of drug-likeness (QED) is 0.533. The van der Waals surface area contributed by atoms with Gasteiger partial charge in [0.05, 0.1) is 10.6 Å². The zero-order valence-electron chi connectivity index (χ0n) is 17.1. The molecule has 1 N–H and O–H groups in total. The Morgan fingerprint density at radius 3 is 2.27 bits per heavy atom. The zero-order valence-corrected chi connectivity index (χ0v) is 19.4. The Bertz CT molecular complexity index is 1330. The Morgan fingerprint density at radius 2 is 1.64 bits per heavy atom. The highest BCUT2D eigenvalue weighted by Gasteiger charge is 2.31. The van der Waals surface area contributed by atoms with E-state index >= 15 is 0 Å². The monoisotopic (exact) mass is 504 g/mol. The van der Waals surface area contributed by atoms with Gasteiger partial charge >= 0.3 is 5.97 Å². The Balaban J connectivity index is 1.72. The largest absolute Gasteiger partial charge is 0.480 e. The third kappa shape index (κ3) is 4.68. The van der Waals surface area contributed by atoms with E-state index in [-0.39, 0.29) is 26.5 Å². The average Bonchev–Trinajstić information content (AvgIpc) is 3.20. The highest BCUT2D eigenvalue weighted by Crippen LogP contribution is 2.35. The summed E-state index contributed by atoms with van der Waals surface area (Å²) < 4.78 is 27.4. The molecule has 7 nitrogen and oxygen atoms in total. The van der Waals surface area contributed by atoms with Crippen LogP contribution in [0.2, 0.25) is 10.0 Å². The van der Waals surface area contributed by atoms with Gasteiger partial charge in [0.1, 0.15) is 6.54 Å². The number of carbonyl (C=O) groups is 2. The summed E-state index contributed by atoms with van der Waals surface area (Å²) in [6, 6.07) is 17.4. The summed E-state index contributed by atoms with van der Waals surface area (Å²) in [4.78, 5) is 25.8. The Kier molecular flexibility index (Phi) is 6.34. The van der Waals surface area contributed by atoms with Crippen LogP contribution in [0.3, 0.4) is 0 Å². The number of anilines is 2. The Hall–Kier alpha value is -3.07. The van der Waals surface area contributed by atoms with E-state index in [0.29, 0.717) is 24.2 Å². The van der Waals surface area contributed by atoms with E-state index in [2.05, 4.69) is 0 Å². The van der Waals surface area contributed by atoms with Crippen molar-refractivity contribution in [2.75, 3.05) is 22.3 Å². The molecule has 0 atom stereocenters. The summed E-state index contributed by atoms with van der Waals surface area (Å²) in [5.41, 5.74) is 2.11. The lowest BCUT2D eigenvalue weighted by molar-refractivity contribution is -0.135. The molecule has 1 aliphatic heterocycles. The van der Waals surface area contributed by atoms with Gasteiger partial charge in [-0.25, -0.2) is 8.42 Å². The van der Waals surface area contributed by atoms with Gasteiger partial charge in [-0.2, -0.15) is 0 Å². The first kappa shape index (κ1) is 23.1. The van der Waals surface area contributed by atoms with E-state index in [9.17, 15) is 23.1 Å². The fourth-order valence-corrected chi connectivity index (χ4v) is 5.87. The molecular formula is C23H18Cl2N2O5S. The first-order chi connectivity index (χ1) is 15.7. The molecule has 0 saturated heterocycles. The number of amides is 1. The predicted octanol–water partition coefficient (Wildman–Crippen LogP) is 4.48. The summed E-state index contributed by atoms with van der Waals surface area (Å²) >= 11 is 11.9. The van der Waals surface area contributed by atoms with Crippen molar-refractivity contribution in [1.29, 1.82) is 0 Å². The topological polar surface area (TPSA) is 95.0 Å². The summed E-state index contributed by atoms with van der Waals surface area (Å²) in [5.74, 6) is -1.49. The molecule has 0 radical (unpaired) electrons. The minimum Gasteiger partial charge on any atom is -0.480 e. The van der Waals surface area contributed by atoms with E-state index in [1.54, 1.807) is 41.3 Å². The van der Waals surface area contributed by atoms with Crippen molar-refractivity contribution in [3.8, 4) is 0 Å². The lowest BCUT2D eigenvalue weighted by Crippen LogP contribution is -2.35. The van der Waals surface area contributed by atoms with E-state index in [1.807, 2.05) is 6.07 Å². The van der Waals surface area contributed by atoms with Gasteiger partial charge in [-0.1, -0.05) is 41.4 Å². The number of carboxylic acid groups (broad SMARTS) is 1. The highest BCUT2D eigenvalue weighted by atomic mass is 35.5. The molecule has 0 aromatic heterocycles. The number of sulfonamides is 1. The predicted molar refractivity (Wildman–Crippen MR) is 127 cm³/mol. The van der Waals surface area contributed by atoms with E-state index in [0.717, 1.165) is 9.87 Å². The van der Waals surface area contributed by atoms with Crippen molar-refractivity contribution in [3.05, 3.63) is 87.9 Å². The van der Waals surface area contributed by atoms with E-state index in [4.69, 9.17) is 23.2 Å². The number of rotatable bonds is 6. The molecule has 3 aromatic carbocycles.